The highest BCUT2D eigenvalue weighted by atomic mass is 16.5. The molecule has 1 N–H and O–H groups in total. The van der Waals surface area contributed by atoms with Crippen molar-refractivity contribution in [1.29, 1.82) is 0 Å². The molecule has 0 spiro atoms. The van der Waals surface area contributed by atoms with Gasteiger partial charge in [-0.05, 0) is 44.7 Å². The van der Waals surface area contributed by atoms with E-state index in [9.17, 15) is 0 Å². The molecule has 1 atom stereocenters. The van der Waals surface area contributed by atoms with E-state index in [0.29, 0.717) is 0 Å². The second-order valence-electron chi connectivity index (χ2n) is 4.80. The lowest BCUT2D eigenvalue weighted by molar-refractivity contribution is 0.0918. The summed E-state index contributed by atoms with van der Waals surface area (Å²) in [6, 6.07) is 0. The highest BCUT2D eigenvalue weighted by Crippen LogP contribution is 2.14. The van der Waals surface area contributed by atoms with E-state index in [0.717, 1.165) is 51.0 Å². The zero-order valence-electron chi connectivity index (χ0n) is 11.4. The van der Waals surface area contributed by atoms with E-state index >= 15 is 0 Å². The molecule has 0 fully saturated rings. The van der Waals surface area contributed by atoms with Gasteiger partial charge in [0, 0.05) is 26.9 Å². The van der Waals surface area contributed by atoms with Crippen molar-refractivity contribution < 1.29 is 9.47 Å². The first kappa shape index (κ1) is 15.9. The molecule has 0 amide bonds. The molecular weight excluding hydrogens is 202 g/mol. The first-order valence-corrected chi connectivity index (χ1v) is 6.42. The minimum absolute atomic E-state index is 0.743. The maximum Gasteiger partial charge on any atom is 0.0487 e. The quantitative estimate of drug-likeness (QED) is 0.554. The Balaban J connectivity index is 3.44. The second-order valence-corrected chi connectivity index (χ2v) is 4.80. The molecule has 0 bridgehead atoms. The summed E-state index contributed by atoms with van der Waals surface area (Å²) in [6.07, 6.45) is 3.44. The predicted octanol–water partition coefficient (Wildman–Crippen LogP) is 2.31. The second kappa shape index (κ2) is 11.4. The van der Waals surface area contributed by atoms with Crippen LogP contribution in [0.25, 0.3) is 0 Å². The van der Waals surface area contributed by atoms with Gasteiger partial charge in [-0.3, -0.25) is 0 Å². The standard InChI is InChI=1S/C13H29NO2/c1-12(2)10-13(11-14-3)6-9-16-8-5-7-15-4/h12-14H,5-11H2,1-4H3. The normalized spacial score (nSPS) is 13.3. The van der Waals surface area contributed by atoms with Crippen molar-refractivity contribution in [1.82, 2.24) is 5.32 Å². The molecule has 0 saturated heterocycles. The summed E-state index contributed by atoms with van der Waals surface area (Å²) in [5, 5.41) is 3.26. The molecule has 3 heteroatoms. The summed E-state index contributed by atoms with van der Waals surface area (Å²) >= 11 is 0. The van der Waals surface area contributed by atoms with E-state index in [4.69, 9.17) is 9.47 Å². The molecule has 0 rings (SSSR count). The van der Waals surface area contributed by atoms with Crippen molar-refractivity contribution >= 4 is 0 Å². The molecule has 1 unspecified atom stereocenters. The fourth-order valence-electron chi connectivity index (χ4n) is 1.92. The molecule has 0 aromatic heterocycles. The van der Waals surface area contributed by atoms with Crippen LogP contribution in [0, 0.1) is 11.8 Å². The third-order valence-corrected chi connectivity index (χ3v) is 2.61. The Bertz CT molecular complexity index is 140. The van der Waals surface area contributed by atoms with Crippen molar-refractivity contribution in [2.24, 2.45) is 11.8 Å². The smallest absolute Gasteiger partial charge is 0.0487 e. The van der Waals surface area contributed by atoms with Crippen molar-refractivity contribution in [2.45, 2.75) is 33.1 Å². The van der Waals surface area contributed by atoms with E-state index in [1.807, 2.05) is 7.05 Å². The van der Waals surface area contributed by atoms with E-state index in [2.05, 4.69) is 19.2 Å². The molecule has 0 saturated carbocycles. The molecule has 0 aliphatic carbocycles. The number of ether oxygens (including phenoxy) is 2. The molecular formula is C13H29NO2. The topological polar surface area (TPSA) is 30.5 Å². The third kappa shape index (κ3) is 10.4. The predicted molar refractivity (Wildman–Crippen MR) is 68.8 cm³/mol. The zero-order chi connectivity index (χ0) is 12.2. The summed E-state index contributed by atoms with van der Waals surface area (Å²) in [4.78, 5) is 0. The summed E-state index contributed by atoms with van der Waals surface area (Å²) in [5.74, 6) is 1.51. The van der Waals surface area contributed by atoms with Gasteiger partial charge >= 0.3 is 0 Å². The Morgan fingerprint density at radius 3 is 2.44 bits per heavy atom. The maximum absolute atomic E-state index is 5.59. The molecule has 0 radical (unpaired) electrons. The average Bonchev–Trinajstić information content (AvgIpc) is 2.22. The fraction of sp³-hybridized carbons (Fsp3) is 1.00. The Kier molecular flexibility index (Phi) is 11.3. The van der Waals surface area contributed by atoms with Gasteiger partial charge in [-0.15, -0.1) is 0 Å². The molecule has 16 heavy (non-hydrogen) atoms. The minimum Gasteiger partial charge on any atom is -0.385 e. The van der Waals surface area contributed by atoms with Crippen LogP contribution in [-0.2, 0) is 9.47 Å². The highest BCUT2D eigenvalue weighted by molar-refractivity contribution is 4.63. The summed E-state index contributed by atoms with van der Waals surface area (Å²) < 4.78 is 10.6. The Morgan fingerprint density at radius 1 is 1.12 bits per heavy atom. The van der Waals surface area contributed by atoms with Gasteiger partial charge < -0.3 is 14.8 Å². The van der Waals surface area contributed by atoms with Gasteiger partial charge in [-0.25, -0.2) is 0 Å². The monoisotopic (exact) mass is 231 g/mol. The molecule has 98 valence electrons. The lowest BCUT2D eigenvalue weighted by Gasteiger charge is -2.18. The van der Waals surface area contributed by atoms with Crippen LogP contribution in [-0.4, -0.2) is 40.5 Å². The van der Waals surface area contributed by atoms with E-state index in [1.165, 1.54) is 6.42 Å². The Labute approximate surface area is 101 Å². The lowest BCUT2D eigenvalue weighted by atomic mass is 9.94. The van der Waals surface area contributed by atoms with Crippen molar-refractivity contribution in [3.8, 4) is 0 Å². The number of hydrogen-bond donors (Lipinski definition) is 1. The first-order chi connectivity index (χ1) is 7.70. The largest absolute Gasteiger partial charge is 0.385 e. The van der Waals surface area contributed by atoms with Gasteiger partial charge in [0.05, 0.1) is 0 Å². The van der Waals surface area contributed by atoms with Crippen LogP contribution in [0.1, 0.15) is 33.1 Å². The van der Waals surface area contributed by atoms with Crippen LogP contribution in [0.4, 0.5) is 0 Å². The highest BCUT2D eigenvalue weighted by Gasteiger charge is 2.09. The van der Waals surface area contributed by atoms with Gasteiger partial charge in [0.25, 0.3) is 0 Å². The molecule has 0 aromatic rings. The fourth-order valence-corrected chi connectivity index (χ4v) is 1.92. The van der Waals surface area contributed by atoms with Crippen LogP contribution in [0.5, 0.6) is 0 Å². The SMILES string of the molecule is CNCC(CCOCCCOC)CC(C)C. The third-order valence-electron chi connectivity index (χ3n) is 2.61. The molecule has 0 aliphatic heterocycles. The van der Waals surface area contributed by atoms with Crippen molar-refractivity contribution in [3.05, 3.63) is 0 Å². The van der Waals surface area contributed by atoms with Gasteiger partial charge in [0.1, 0.15) is 0 Å². The average molecular weight is 231 g/mol. The molecule has 0 aliphatic rings. The van der Waals surface area contributed by atoms with Crippen molar-refractivity contribution in [3.63, 3.8) is 0 Å². The van der Waals surface area contributed by atoms with E-state index < -0.39 is 0 Å². The number of methoxy groups -OCH3 is 1. The lowest BCUT2D eigenvalue weighted by Crippen LogP contribution is -2.22. The molecule has 0 aromatic carbocycles. The van der Waals surface area contributed by atoms with Crippen molar-refractivity contribution in [2.75, 3.05) is 40.5 Å². The first-order valence-electron chi connectivity index (χ1n) is 6.42. The van der Waals surface area contributed by atoms with Gasteiger partial charge in [0.2, 0.25) is 0 Å². The number of nitrogens with one attached hydrogen (secondary N) is 1. The summed E-state index contributed by atoms with van der Waals surface area (Å²) in [7, 11) is 3.75. The van der Waals surface area contributed by atoms with Crippen LogP contribution in [0.15, 0.2) is 0 Å². The Morgan fingerprint density at radius 2 is 1.88 bits per heavy atom. The molecule has 3 nitrogen and oxygen atoms in total. The number of rotatable bonds is 11. The van der Waals surface area contributed by atoms with Gasteiger partial charge in [-0.1, -0.05) is 13.8 Å². The molecule has 0 heterocycles. The van der Waals surface area contributed by atoms with Crippen LogP contribution < -0.4 is 5.32 Å². The van der Waals surface area contributed by atoms with Crippen LogP contribution in [0.2, 0.25) is 0 Å². The van der Waals surface area contributed by atoms with Gasteiger partial charge in [-0.2, -0.15) is 0 Å². The van der Waals surface area contributed by atoms with E-state index in [1.54, 1.807) is 7.11 Å². The summed E-state index contributed by atoms with van der Waals surface area (Å²) in [6.45, 7) is 8.15. The zero-order valence-corrected chi connectivity index (χ0v) is 11.4. The Hall–Kier alpha value is -0.120. The number of hydrogen-bond acceptors (Lipinski definition) is 3. The van der Waals surface area contributed by atoms with Crippen LogP contribution in [0.3, 0.4) is 0 Å². The van der Waals surface area contributed by atoms with E-state index in [-0.39, 0.29) is 0 Å². The van der Waals surface area contributed by atoms with Gasteiger partial charge in [0.15, 0.2) is 0 Å². The summed E-state index contributed by atoms with van der Waals surface area (Å²) in [5.41, 5.74) is 0. The maximum atomic E-state index is 5.59. The van der Waals surface area contributed by atoms with Crippen LogP contribution >= 0.6 is 0 Å². The minimum atomic E-state index is 0.743.